The summed E-state index contributed by atoms with van der Waals surface area (Å²) < 4.78 is 11.0. The van der Waals surface area contributed by atoms with Gasteiger partial charge in [-0.3, -0.25) is 10.1 Å². The van der Waals surface area contributed by atoms with Crippen LogP contribution in [-0.4, -0.2) is 29.0 Å². The Balaban J connectivity index is 1.79. The number of non-ortho nitro benzene ring substituents is 1. The highest BCUT2D eigenvalue weighted by Gasteiger charge is 2.24. The fraction of sp³-hybridized carbons (Fsp3) is 0.500. The molecule has 0 radical (unpaired) electrons. The topological polar surface area (TPSA) is 98.7 Å². The lowest BCUT2D eigenvalue weighted by atomic mass is 9.94. The number of nitro benzene ring substituents is 1. The van der Waals surface area contributed by atoms with E-state index in [1.54, 1.807) is 12.3 Å². The average Bonchev–Trinajstić information content (AvgIpc) is 3.16. The van der Waals surface area contributed by atoms with Crippen LogP contribution in [-0.2, 0) is 16.8 Å². The Morgan fingerprint density at radius 1 is 1.29 bits per heavy atom. The second kappa shape index (κ2) is 8.00. The highest BCUT2D eigenvalue weighted by Crippen LogP contribution is 2.29. The van der Waals surface area contributed by atoms with Crippen molar-refractivity contribution in [2.75, 3.05) is 18.0 Å². The predicted molar refractivity (Wildman–Crippen MR) is 103 cm³/mol. The zero-order chi connectivity index (χ0) is 20.3. The van der Waals surface area contributed by atoms with Gasteiger partial charge in [-0.2, -0.15) is 0 Å². The van der Waals surface area contributed by atoms with Crippen LogP contribution < -0.4 is 4.90 Å². The van der Waals surface area contributed by atoms with Crippen LogP contribution in [0.4, 0.5) is 11.4 Å². The Hall–Kier alpha value is -2.90. The minimum absolute atomic E-state index is 0.128. The summed E-state index contributed by atoms with van der Waals surface area (Å²) in [7, 11) is 0. The van der Waals surface area contributed by atoms with Crippen molar-refractivity contribution < 1.29 is 18.9 Å². The zero-order valence-electron chi connectivity index (χ0n) is 16.4. The molecule has 0 spiro atoms. The molecule has 2 heterocycles. The number of aromatic nitrogens is 1. The van der Waals surface area contributed by atoms with Crippen LogP contribution >= 0.6 is 0 Å². The van der Waals surface area contributed by atoms with Crippen molar-refractivity contribution in [2.24, 2.45) is 0 Å². The van der Waals surface area contributed by atoms with E-state index >= 15 is 0 Å². The van der Waals surface area contributed by atoms with Gasteiger partial charge in [0.15, 0.2) is 6.61 Å². The molecule has 1 aromatic carbocycles. The molecule has 2 aromatic rings. The number of benzene rings is 1. The molecule has 0 N–H and O–H groups in total. The van der Waals surface area contributed by atoms with Crippen molar-refractivity contribution in [1.29, 1.82) is 0 Å². The number of piperidine rings is 1. The quantitative estimate of drug-likeness (QED) is 0.430. The first-order valence-electron chi connectivity index (χ1n) is 9.41. The van der Waals surface area contributed by atoms with Crippen molar-refractivity contribution in [3.8, 4) is 0 Å². The van der Waals surface area contributed by atoms with E-state index in [1.165, 1.54) is 12.1 Å². The van der Waals surface area contributed by atoms with Crippen LogP contribution in [0.1, 0.15) is 62.0 Å². The number of hydrogen-bond acceptors (Lipinski definition) is 7. The summed E-state index contributed by atoms with van der Waals surface area (Å²) in [6.07, 6.45) is 4.81. The first kappa shape index (κ1) is 19.9. The van der Waals surface area contributed by atoms with Gasteiger partial charge in [0.2, 0.25) is 5.89 Å². The summed E-state index contributed by atoms with van der Waals surface area (Å²) in [6.45, 7) is 7.49. The standard InChI is InChI=1S/C20H25N3O5/c1-20(2,3)17-12-21-18(28-17)13-27-19(24)15-11-14(23(25)26)7-8-16(15)22-9-5-4-6-10-22/h7-8,11-12H,4-6,9-10,13H2,1-3H3. The van der Waals surface area contributed by atoms with Crippen molar-refractivity contribution in [2.45, 2.75) is 52.1 Å². The Morgan fingerprint density at radius 2 is 2.00 bits per heavy atom. The first-order valence-corrected chi connectivity index (χ1v) is 9.41. The molecular formula is C20H25N3O5. The maximum atomic E-state index is 12.7. The third-order valence-corrected chi connectivity index (χ3v) is 4.73. The van der Waals surface area contributed by atoms with Crippen LogP contribution in [0.25, 0.3) is 0 Å². The number of anilines is 1. The van der Waals surface area contributed by atoms with E-state index in [1.807, 2.05) is 20.8 Å². The Kier molecular flexibility index (Phi) is 5.67. The highest BCUT2D eigenvalue weighted by molar-refractivity contribution is 5.96. The molecule has 28 heavy (non-hydrogen) atoms. The lowest BCUT2D eigenvalue weighted by Crippen LogP contribution is -2.31. The summed E-state index contributed by atoms with van der Waals surface area (Å²) in [5.41, 5.74) is 0.520. The van der Waals surface area contributed by atoms with Crippen LogP contribution in [0.5, 0.6) is 0 Å². The molecule has 0 bridgehead atoms. The molecule has 0 aliphatic carbocycles. The number of carbonyl (C=O) groups is 1. The van der Waals surface area contributed by atoms with Crippen LogP contribution in [0, 0.1) is 10.1 Å². The monoisotopic (exact) mass is 387 g/mol. The first-order chi connectivity index (χ1) is 13.3. The number of nitro groups is 1. The summed E-state index contributed by atoms with van der Waals surface area (Å²) in [5, 5.41) is 11.2. The normalized spacial score (nSPS) is 14.8. The van der Waals surface area contributed by atoms with E-state index in [0.29, 0.717) is 17.3 Å². The van der Waals surface area contributed by atoms with E-state index in [2.05, 4.69) is 9.88 Å². The fourth-order valence-corrected chi connectivity index (χ4v) is 3.14. The Morgan fingerprint density at radius 3 is 2.61 bits per heavy atom. The van der Waals surface area contributed by atoms with Crippen molar-refractivity contribution in [3.63, 3.8) is 0 Å². The molecule has 8 heteroatoms. The maximum Gasteiger partial charge on any atom is 0.341 e. The van der Waals surface area contributed by atoms with Gasteiger partial charge in [0.25, 0.3) is 5.69 Å². The Labute approximate surface area is 163 Å². The van der Waals surface area contributed by atoms with Gasteiger partial charge >= 0.3 is 5.97 Å². The van der Waals surface area contributed by atoms with E-state index in [9.17, 15) is 14.9 Å². The molecule has 1 aliphatic rings. The summed E-state index contributed by atoms with van der Waals surface area (Å²) in [4.78, 5) is 29.6. The molecule has 0 saturated carbocycles. The molecule has 1 aliphatic heterocycles. The second-order valence-corrected chi connectivity index (χ2v) is 7.95. The summed E-state index contributed by atoms with van der Waals surface area (Å²) in [6, 6.07) is 4.33. The number of ether oxygens (including phenoxy) is 1. The van der Waals surface area contributed by atoms with Crippen molar-refractivity contribution in [1.82, 2.24) is 4.98 Å². The second-order valence-electron chi connectivity index (χ2n) is 7.95. The van der Waals surface area contributed by atoms with Crippen LogP contribution in [0.2, 0.25) is 0 Å². The summed E-state index contributed by atoms with van der Waals surface area (Å²) in [5.74, 6) is 0.367. The van der Waals surface area contributed by atoms with Gasteiger partial charge in [-0.25, -0.2) is 9.78 Å². The van der Waals surface area contributed by atoms with E-state index < -0.39 is 10.9 Å². The predicted octanol–water partition coefficient (Wildman–Crippen LogP) is 4.23. The maximum absolute atomic E-state index is 12.7. The molecule has 8 nitrogen and oxygen atoms in total. The Bertz CT molecular complexity index is 863. The number of esters is 1. The van der Waals surface area contributed by atoms with Gasteiger partial charge < -0.3 is 14.1 Å². The van der Waals surface area contributed by atoms with E-state index in [0.717, 1.165) is 32.4 Å². The minimum Gasteiger partial charge on any atom is -0.452 e. The lowest BCUT2D eigenvalue weighted by molar-refractivity contribution is -0.384. The third kappa shape index (κ3) is 4.49. The SMILES string of the molecule is CC(C)(C)c1cnc(COC(=O)c2cc([N+](=O)[O-])ccc2N2CCCCC2)o1. The highest BCUT2D eigenvalue weighted by atomic mass is 16.6. The molecule has 0 atom stereocenters. The van der Waals surface area contributed by atoms with Gasteiger partial charge in [-0.15, -0.1) is 0 Å². The minimum atomic E-state index is -0.625. The van der Waals surface area contributed by atoms with Gasteiger partial charge in [-0.1, -0.05) is 20.8 Å². The lowest BCUT2D eigenvalue weighted by Gasteiger charge is -2.30. The van der Waals surface area contributed by atoms with E-state index in [-0.39, 0.29) is 23.3 Å². The largest absolute Gasteiger partial charge is 0.452 e. The van der Waals surface area contributed by atoms with E-state index in [4.69, 9.17) is 9.15 Å². The molecule has 1 fully saturated rings. The van der Waals surface area contributed by atoms with Gasteiger partial charge in [0.05, 0.1) is 22.4 Å². The number of oxazole rings is 1. The molecule has 1 saturated heterocycles. The molecule has 3 rings (SSSR count). The smallest absolute Gasteiger partial charge is 0.341 e. The molecule has 0 amide bonds. The van der Waals surface area contributed by atoms with Gasteiger partial charge in [0, 0.05) is 30.6 Å². The van der Waals surface area contributed by atoms with Crippen molar-refractivity contribution >= 4 is 17.3 Å². The average molecular weight is 387 g/mol. The van der Waals surface area contributed by atoms with Crippen LogP contribution in [0.3, 0.4) is 0 Å². The van der Waals surface area contributed by atoms with Gasteiger partial charge in [-0.05, 0) is 25.3 Å². The number of rotatable bonds is 5. The van der Waals surface area contributed by atoms with Gasteiger partial charge in [0.1, 0.15) is 5.76 Å². The third-order valence-electron chi connectivity index (χ3n) is 4.73. The fourth-order valence-electron chi connectivity index (χ4n) is 3.14. The number of nitrogens with zero attached hydrogens (tertiary/aromatic N) is 3. The molecule has 1 aromatic heterocycles. The van der Waals surface area contributed by atoms with Crippen molar-refractivity contribution in [3.05, 3.63) is 51.7 Å². The molecule has 0 unspecified atom stereocenters. The molecular weight excluding hydrogens is 362 g/mol. The number of hydrogen-bond donors (Lipinski definition) is 0. The number of carbonyl (C=O) groups excluding carboxylic acids is 1. The summed E-state index contributed by atoms with van der Waals surface area (Å²) >= 11 is 0. The zero-order valence-corrected chi connectivity index (χ0v) is 16.4. The van der Waals surface area contributed by atoms with Crippen LogP contribution in [0.15, 0.2) is 28.8 Å². The molecule has 150 valence electrons.